The average Bonchev–Trinajstić information content (AvgIpc) is 2.36. The lowest BCUT2D eigenvalue weighted by Crippen LogP contribution is -2.05. The zero-order valence-electron chi connectivity index (χ0n) is 11.0. The van der Waals surface area contributed by atoms with Crippen LogP contribution in [0, 0.1) is 0 Å². The summed E-state index contributed by atoms with van der Waals surface area (Å²) in [5.74, 6) is 1.02. The van der Waals surface area contributed by atoms with Gasteiger partial charge in [-0.05, 0) is 42.7 Å². The highest BCUT2D eigenvalue weighted by Gasteiger charge is 2.06. The number of hydrogen-bond donors (Lipinski definition) is 1. The third-order valence-electron chi connectivity index (χ3n) is 2.92. The van der Waals surface area contributed by atoms with Crippen molar-refractivity contribution in [2.24, 2.45) is 0 Å². The quantitative estimate of drug-likeness (QED) is 0.848. The van der Waals surface area contributed by atoms with E-state index in [1.807, 2.05) is 18.2 Å². The normalized spacial score (nSPS) is 10.8. The van der Waals surface area contributed by atoms with E-state index in [0.29, 0.717) is 0 Å². The molecule has 0 atom stereocenters. The van der Waals surface area contributed by atoms with Crippen LogP contribution in [0.25, 0.3) is 10.9 Å². The fourth-order valence-electron chi connectivity index (χ4n) is 2.05. The number of halogens is 1. The number of benzene rings is 1. The predicted octanol–water partition coefficient (Wildman–Crippen LogP) is 4.66. The lowest BCUT2D eigenvalue weighted by atomic mass is 10.1. The highest BCUT2D eigenvalue weighted by molar-refractivity contribution is 6.31. The van der Waals surface area contributed by atoms with Gasteiger partial charge >= 0.3 is 0 Å². The van der Waals surface area contributed by atoms with Gasteiger partial charge in [0.1, 0.15) is 5.82 Å². The maximum absolute atomic E-state index is 6.03. The van der Waals surface area contributed by atoms with E-state index >= 15 is 0 Å². The molecule has 1 aromatic carbocycles. The Bertz CT molecular complexity index is 537. The molecule has 1 aromatic heterocycles. The number of hydrogen-bond acceptors (Lipinski definition) is 2. The molecule has 2 nitrogen and oxygen atoms in total. The van der Waals surface area contributed by atoms with Crippen molar-refractivity contribution in [1.29, 1.82) is 0 Å². The van der Waals surface area contributed by atoms with Crippen LogP contribution in [0.3, 0.4) is 0 Å². The summed E-state index contributed by atoms with van der Waals surface area (Å²) in [4.78, 5) is 4.70. The lowest BCUT2D eigenvalue weighted by molar-refractivity contribution is 0.906. The smallest absolute Gasteiger partial charge is 0.129 e. The van der Waals surface area contributed by atoms with Crippen LogP contribution in [0.1, 0.15) is 32.3 Å². The van der Waals surface area contributed by atoms with Gasteiger partial charge in [0.25, 0.3) is 0 Å². The van der Waals surface area contributed by atoms with Crippen molar-refractivity contribution < 1.29 is 0 Å². The fraction of sp³-hybridized carbons (Fsp3) is 0.400. The summed E-state index contributed by atoms with van der Waals surface area (Å²) in [6.07, 6.45) is 3.27. The molecule has 0 aliphatic rings. The monoisotopic (exact) mass is 262 g/mol. The van der Waals surface area contributed by atoms with Gasteiger partial charge in [-0.2, -0.15) is 0 Å². The number of nitrogens with zero attached hydrogens (tertiary/aromatic N) is 1. The molecule has 1 heterocycles. The van der Waals surface area contributed by atoms with Crippen LogP contribution in [0.2, 0.25) is 5.02 Å². The van der Waals surface area contributed by atoms with Crippen molar-refractivity contribution >= 4 is 28.3 Å². The minimum Gasteiger partial charge on any atom is -0.370 e. The van der Waals surface area contributed by atoms with Crippen LogP contribution < -0.4 is 5.32 Å². The van der Waals surface area contributed by atoms with E-state index in [1.54, 1.807) is 0 Å². The maximum Gasteiger partial charge on any atom is 0.129 e. The minimum atomic E-state index is 0.765. The van der Waals surface area contributed by atoms with Crippen molar-refractivity contribution in [1.82, 2.24) is 4.98 Å². The molecular formula is C15H19ClN2. The first-order valence-corrected chi connectivity index (χ1v) is 6.95. The Morgan fingerprint density at radius 2 is 2.00 bits per heavy atom. The van der Waals surface area contributed by atoms with Crippen LogP contribution in [0.5, 0.6) is 0 Å². The second-order valence-electron chi connectivity index (χ2n) is 4.51. The molecule has 0 bridgehead atoms. The zero-order valence-corrected chi connectivity index (χ0v) is 11.7. The Hall–Kier alpha value is -1.28. The third-order valence-corrected chi connectivity index (χ3v) is 3.15. The number of pyridine rings is 1. The Balaban J connectivity index is 2.46. The second-order valence-corrected chi connectivity index (χ2v) is 4.95. The van der Waals surface area contributed by atoms with E-state index in [9.17, 15) is 0 Å². The molecule has 0 aliphatic carbocycles. The van der Waals surface area contributed by atoms with Crippen molar-refractivity contribution in [3.63, 3.8) is 0 Å². The second kappa shape index (κ2) is 6.05. The Morgan fingerprint density at radius 1 is 1.17 bits per heavy atom. The van der Waals surface area contributed by atoms with Crippen LogP contribution in [0.4, 0.5) is 5.82 Å². The van der Waals surface area contributed by atoms with E-state index in [1.165, 1.54) is 5.56 Å². The molecule has 2 rings (SSSR count). The van der Waals surface area contributed by atoms with Crippen molar-refractivity contribution in [3.05, 3.63) is 34.9 Å². The Labute approximate surface area is 113 Å². The van der Waals surface area contributed by atoms with E-state index < -0.39 is 0 Å². The molecule has 0 amide bonds. The number of fused-ring (bicyclic) bond motifs is 1. The SMILES string of the molecule is CCCNc1nc2ccc(Cl)cc2cc1CCC. The summed E-state index contributed by atoms with van der Waals surface area (Å²) in [5.41, 5.74) is 2.28. The molecule has 0 spiro atoms. The summed E-state index contributed by atoms with van der Waals surface area (Å²) in [7, 11) is 0. The van der Waals surface area contributed by atoms with Gasteiger partial charge in [0.05, 0.1) is 5.52 Å². The standard InChI is InChI=1S/C15H19ClN2/c1-3-5-11-9-12-10-13(16)6-7-14(12)18-15(11)17-8-4-2/h6-7,9-10H,3-5,8H2,1-2H3,(H,17,18). The number of nitrogens with one attached hydrogen (secondary N) is 1. The first-order chi connectivity index (χ1) is 8.74. The van der Waals surface area contributed by atoms with Crippen LogP contribution in [-0.4, -0.2) is 11.5 Å². The summed E-state index contributed by atoms with van der Waals surface area (Å²) in [5, 5.41) is 5.29. The van der Waals surface area contributed by atoms with Gasteiger partial charge < -0.3 is 5.32 Å². The van der Waals surface area contributed by atoms with Crippen molar-refractivity contribution in [2.75, 3.05) is 11.9 Å². The Morgan fingerprint density at radius 3 is 2.72 bits per heavy atom. The molecule has 0 saturated carbocycles. The molecule has 1 N–H and O–H groups in total. The topological polar surface area (TPSA) is 24.9 Å². The minimum absolute atomic E-state index is 0.765. The molecular weight excluding hydrogens is 244 g/mol. The molecule has 0 unspecified atom stereocenters. The van der Waals surface area contributed by atoms with Gasteiger partial charge in [0.15, 0.2) is 0 Å². The average molecular weight is 263 g/mol. The molecule has 0 fully saturated rings. The first-order valence-electron chi connectivity index (χ1n) is 6.57. The molecule has 2 aromatic rings. The molecule has 0 saturated heterocycles. The van der Waals surface area contributed by atoms with Gasteiger partial charge in [-0.1, -0.05) is 31.9 Å². The summed E-state index contributed by atoms with van der Waals surface area (Å²) < 4.78 is 0. The molecule has 0 radical (unpaired) electrons. The maximum atomic E-state index is 6.03. The van der Waals surface area contributed by atoms with Gasteiger partial charge in [-0.3, -0.25) is 0 Å². The summed E-state index contributed by atoms with van der Waals surface area (Å²) >= 11 is 6.03. The lowest BCUT2D eigenvalue weighted by Gasteiger charge is -2.11. The first kappa shape index (κ1) is 13.2. The van der Waals surface area contributed by atoms with E-state index in [2.05, 4.69) is 25.2 Å². The summed E-state index contributed by atoms with van der Waals surface area (Å²) in [6, 6.07) is 8.05. The zero-order chi connectivity index (χ0) is 13.0. The number of anilines is 1. The number of aryl methyl sites for hydroxylation is 1. The molecule has 3 heteroatoms. The molecule has 96 valence electrons. The van der Waals surface area contributed by atoms with Crippen molar-refractivity contribution in [2.45, 2.75) is 33.1 Å². The largest absolute Gasteiger partial charge is 0.370 e. The summed E-state index contributed by atoms with van der Waals surface area (Å²) in [6.45, 7) is 5.31. The highest BCUT2D eigenvalue weighted by Crippen LogP contribution is 2.24. The molecule has 0 aliphatic heterocycles. The van der Waals surface area contributed by atoms with Gasteiger partial charge in [0, 0.05) is 17.0 Å². The fourth-order valence-corrected chi connectivity index (χ4v) is 2.23. The van der Waals surface area contributed by atoms with Crippen LogP contribution >= 0.6 is 11.6 Å². The van der Waals surface area contributed by atoms with Crippen LogP contribution in [0.15, 0.2) is 24.3 Å². The van der Waals surface area contributed by atoms with E-state index in [4.69, 9.17) is 16.6 Å². The van der Waals surface area contributed by atoms with Gasteiger partial charge in [0.2, 0.25) is 0 Å². The Kier molecular flexibility index (Phi) is 4.43. The van der Waals surface area contributed by atoms with Gasteiger partial charge in [-0.15, -0.1) is 0 Å². The van der Waals surface area contributed by atoms with Gasteiger partial charge in [-0.25, -0.2) is 4.98 Å². The van der Waals surface area contributed by atoms with Crippen molar-refractivity contribution in [3.8, 4) is 0 Å². The van der Waals surface area contributed by atoms with E-state index in [-0.39, 0.29) is 0 Å². The highest BCUT2D eigenvalue weighted by atomic mass is 35.5. The predicted molar refractivity (Wildman–Crippen MR) is 79.5 cm³/mol. The number of aromatic nitrogens is 1. The van der Waals surface area contributed by atoms with E-state index in [0.717, 1.165) is 47.6 Å². The van der Waals surface area contributed by atoms with Crippen LogP contribution in [-0.2, 0) is 6.42 Å². The third kappa shape index (κ3) is 2.94. The number of rotatable bonds is 5. The molecule has 18 heavy (non-hydrogen) atoms.